The van der Waals surface area contributed by atoms with Gasteiger partial charge < -0.3 is 10.5 Å². The zero-order valence-corrected chi connectivity index (χ0v) is 13.8. The van der Waals surface area contributed by atoms with E-state index in [2.05, 4.69) is 5.32 Å². The fourth-order valence-corrected chi connectivity index (χ4v) is 2.35. The van der Waals surface area contributed by atoms with Crippen LogP contribution in [0.15, 0.2) is 42.5 Å². The fourth-order valence-electron chi connectivity index (χ4n) is 2.35. The summed E-state index contributed by atoms with van der Waals surface area (Å²) in [5.41, 5.74) is 2.18. The van der Waals surface area contributed by atoms with Crippen LogP contribution in [0.25, 0.3) is 0 Å². The molecule has 0 aromatic heterocycles. The molecule has 0 bridgehead atoms. The lowest BCUT2D eigenvalue weighted by atomic mass is 10.0. The van der Waals surface area contributed by atoms with Crippen molar-refractivity contribution in [1.82, 2.24) is 0 Å². The monoisotopic (exact) mass is 342 g/mol. The number of quaternary nitrogens is 1. The van der Waals surface area contributed by atoms with Crippen LogP contribution in [0.3, 0.4) is 0 Å². The van der Waals surface area contributed by atoms with Crippen LogP contribution in [0, 0.1) is 19.1 Å². The number of carbonyl (C=O) groups is 3. The SMILES string of the molecule is Cc1cccc(C)c1NC(=O)C(=O)CC(=O)c1cccc([NH+]([O-])O)c1. The van der Waals surface area contributed by atoms with Gasteiger partial charge in [-0.2, -0.15) is 5.23 Å². The average molecular weight is 342 g/mol. The quantitative estimate of drug-likeness (QED) is 0.319. The van der Waals surface area contributed by atoms with E-state index in [0.29, 0.717) is 5.69 Å². The Hall–Kier alpha value is -2.87. The van der Waals surface area contributed by atoms with E-state index < -0.39 is 29.1 Å². The predicted octanol–water partition coefficient (Wildman–Crippen LogP) is 1.49. The first-order valence-corrected chi connectivity index (χ1v) is 7.56. The lowest BCUT2D eigenvalue weighted by Crippen LogP contribution is -2.99. The number of aryl methyl sites for hydroxylation is 2. The molecule has 7 nitrogen and oxygen atoms in total. The Balaban J connectivity index is 2.07. The second-order valence-electron chi connectivity index (χ2n) is 5.63. The number of hydrogen-bond acceptors (Lipinski definition) is 5. The summed E-state index contributed by atoms with van der Waals surface area (Å²) in [4.78, 5) is 36.2. The van der Waals surface area contributed by atoms with Crippen molar-refractivity contribution < 1.29 is 24.8 Å². The smallest absolute Gasteiger partial charge is 0.292 e. The van der Waals surface area contributed by atoms with E-state index in [4.69, 9.17) is 5.21 Å². The topological polar surface area (TPSA) is 111 Å². The number of Topliss-reactive ketones (excluding diaryl/α,β-unsaturated/α-hetero) is 2. The van der Waals surface area contributed by atoms with Crippen molar-refractivity contribution >= 4 is 28.8 Å². The van der Waals surface area contributed by atoms with Gasteiger partial charge in [-0.1, -0.05) is 30.3 Å². The highest BCUT2D eigenvalue weighted by atomic mass is 16.8. The summed E-state index contributed by atoms with van der Waals surface area (Å²) in [6.45, 7) is 3.60. The molecule has 0 radical (unpaired) electrons. The summed E-state index contributed by atoms with van der Waals surface area (Å²) in [5, 5.41) is 21.2. The highest BCUT2D eigenvalue weighted by Crippen LogP contribution is 2.19. The molecule has 0 heterocycles. The molecule has 0 aliphatic heterocycles. The minimum absolute atomic E-state index is 0.0571. The van der Waals surface area contributed by atoms with Gasteiger partial charge in [-0.05, 0) is 25.0 Å². The van der Waals surface area contributed by atoms with Crippen molar-refractivity contribution in [3.05, 3.63) is 64.4 Å². The molecular weight excluding hydrogens is 324 g/mol. The highest BCUT2D eigenvalue weighted by Gasteiger charge is 2.20. The summed E-state index contributed by atoms with van der Waals surface area (Å²) in [6, 6.07) is 10.8. The molecular formula is C18H18N2O5. The first-order valence-electron chi connectivity index (χ1n) is 7.56. The molecule has 0 aliphatic carbocycles. The molecule has 0 spiro atoms. The molecule has 7 heteroatoms. The van der Waals surface area contributed by atoms with Crippen LogP contribution in [-0.4, -0.2) is 22.7 Å². The molecule has 25 heavy (non-hydrogen) atoms. The summed E-state index contributed by atoms with van der Waals surface area (Å²) in [6.07, 6.45) is -0.625. The van der Waals surface area contributed by atoms with E-state index in [-0.39, 0.29) is 11.3 Å². The number of hydrogen-bond donors (Lipinski definition) is 3. The summed E-state index contributed by atoms with van der Waals surface area (Å²) in [5.74, 6) is -2.36. The van der Waals surface area contributed by atoms with Crippen molar-refractivity contribution in [2.75, 3.05) is 5.32 Å². The van der Waals surface area contributed by atoms with Crippen LogP contribution in [0.4, 0.5) is 11.4 Å². The maximum Gasteiger partial charge on any atom is 0.292 e. The Morgan fingerprint density at radius 3 is 2.28 bits per heavy atom. The molecule has 0 fully saturated rings. The van der Waals surface area contributed by atoms with Gasteiger partial charge in [-0.3, -0.25) is 14.4 Å². The normalized spacial score (nSPS) is 11.7. The number of benzene rings is 2. The molecule has 130 valence electrons. The Labute approximate surface area is 144 Å². The van der Waals surface area contributed by atoms with E-state index in [1.165, 1.54) is 24.3 Å². The second-order valence-corrected chi connectivity index (χ2v) is 5.63. The summed E-state index contributed by atoms with van der Waals surface area (Å²) >= 11 is 0. The average Bonchev–Trinajstić information content (AvgIpc) is 2.58. The van der Waals surface area contributed by atoms with E-state index in [0.717, 1.165) is 11.1 Å². The molecule has 0 saturated heterocycles. The number of nitrogens with one attached hydrogen (secondary N) is 2. The van der Waals surface area contributed by atoms with E-state index >= 15 is 0 Å². The number of ketones is 2. The molecule has 3 N–H and O–H groups in total. The van der Waals surface area contributed by atoms with Gasteiger partial charge in [0, 0.05) is 23.4 Å². The standard InChI is InChI=1S/C18H18N2O5/c1-11-5-3-6-12(2)17(11)19-18(23)16(22)10-15(21)13-7-4-8-14(9-13)20(24)25/h3-9,20,24H,10H2,1-2H3,(H,19,23). The van der Waals surface area contributed by atoms with Gasteiger partial charge in [-0.15, -0.1) is 0 Å². The highest BCUT2D eigenvalue weighted by molar-refractivity contribution is 6.44. The number of rotatable bonds is 6. The van der Waals surface area contributed by atoms with Crippen LogP contribution in [0.1, 0.15) is 27.9 Å². The van der Waals surface area contributed by atoms with Gasteiger partial charge in [0.15, 0.2) is 11.5 Å². The molecule has 2 aromatic rings. The molecule has 0 aliphatic rings. The predicted molar refractivity (Wildman–Crippen MR) is 90.7 cm³/mol. The van der Waals surface area contributed by atoms with Crippen molar-refractivity contribution in [2.24, 2.45) is 0 Å². The number of para-hydroxylation sites is 1. The van der Waals surface area contributed by atoms with Crippen molar-refractivity contribution in [2.45, 2.75) is 20.3 Å². The van der Waals surface area contributed by atoms with Crippen molar-refractivity contribution in [1.29, 1.82) is 0 Å². The Morgan fingerprint density at radius 2 is 1.68 bits per heavy atom. The molecule has 2 aromatic carbocycles. The van der Waals surface area contributed by atoms with E-state index in [1.54, 1.807) is 26.0 Å². The lowest BCUT2D eigenvalue weighted by molar-refractivity contribution is -0.991. The zero-order valence-electron chi connectivity index (χ0n) is 13.8. The number of carbonyl (C=O) groups excluding carboxylic acids is 3. The van der Waals surface area contributed by atoms with Crippen molar-refractivity contribution in [3.63, 3.8) is 0 Å². The lowest BCUT2D eigenvalue weighted by Gasteiger charge is -2.12. The van der Waals surface area contributed by atoms with Crippen LogP contribution >= 0.6 is 0 Å². The van der Waals surface area contributed by atoms with Crippen LogP contribution in [-0.2, 0) is 9.59 Å². The Kier molecular flexibility index (Phi) is 5.76. The minimum atomic E-state index is -1.17. The van der Waals surface area contributed by atoms with E-state index in [1.807, 2.05) is 6.07 Å². The number of anilines is 1. The summed E-state index contributed by atoms with van der Waals surface area (Å²) < 4.78 is 0. The van der Waals surface area contributed by atoms with Gasteiger partial charge in [-0.25, -0.2) is 5.21 Å². The van der Waals surface area contributed by atoms with Gasteiger partial charge in [0.25, 0.3) is 5.91 Å². The first kappa shape index (κ1) is 18.5. The van der Waals surface area contributed by atoms with Crippen LogP contribution in [0.5, 0.6) is 0 Å². The van der Waals surface area contributed by atoms with Crippen molar-refractivity contribution in [3.8, 4) is 0 Å². The van der Waals surface area contributed by atoms with Gasteiger partial charge in [0.05, 0.1) is 6.42 Å². The zero-order chi connectivity index (χ0) is 18.6. The Morgan fingerprint density at radius 1 is 1.08 bits per heavy atom. The Bertz CT molecular complexity index is 810. The minimum Gasteiger partial charge on any atom is -0.595 e. The van der Waals surface area contributed by atoms with Crippen LogP contribution in [0.2, 0.25) is 0 Å². The molecule has 1 unspecified atom stereocenters. The maximum atomic E-state index is 12.1. The van der Waals surface area contributed by atoms with Gasteiger partial charge in [0.2, 0.25) is 5.78 Å². The van der Waals surface area contributed by atoms with Gasteiger partial charge in [0.1, 0.15) is 0 Å². The largest absolute Gasteiger partial charge is 0.595 e. The molecule has 1 amide bonds. The third kappa shape index (κ3) is 4.57. The molecule has 2 rings (SSSR count). The maximum absolute atomic E-state index is 12.1. The first-order chi connectivity index (χ1) is 11.8. The number of amides is 1. The fraction of sp³-hybridized carbons (Fsp3) is 0.167. The second kappa shape index (κ2) is 7.80. The third-order valence-electron chi connectivity index (χ3n) is 3.73. The van der Waals surface area contributed by atoms with Gasteiger partial charge >= 0.3 is 0 Å². The van der Waals surface area contributed by atoms with E-state index in [9.17, 15) is 19.6 Å². The molecule has 0 saturated carbocycles. The third-order valence-corrected chi connectivity index (χ3v) is 3.73. The molecule has 1 atom stereocenters. The summed E-state index contributed by atoms with van der Waals surface area (Å²) in [7, 11) is 0. The van der Waals surface area contributed by atoms with Crippen LogP contribution < -0.4 is 10.5 Å².